The molecule has 21 heavy (non-hydrogen) atoms. The Bertz CT molecular complexity index is 792. The van der Waals surface area contributed by atoms with Crippen LogP contribution in [0.1, 0.15) is 16.1 Å². The lowest BCUT2D eigenvalue weighted by molar-refractivity contribution is 0.102. The fourth-order valence-corrected chi connectivity index (χ4v) is 2.90. The molecule has 1 amide bonds. The fraction of sp³-hybridized carbons (Fsp3) is 0.0769. The summed E-state index contributed by atoms with van der Waals surface area (Å²) in [5.41, 5.74) is 0.825. The van der Waals surface area contributed by atoms with E-state index in [0.29, 0.717) is 11.3 Å². The average Bonchev–Trinajstić information content (AvgIpc) is 2.37. The number of hydrogen-bond donors (Lipinski definition) is 1. The highest BCUT2D eigenvalue weighted by Crippen LogP contribution is 2.23. The van der Waals surface area contributed by atoms with Crippen molar-refractivity contribution >= 4 is 31.3 Å². The molecule has 0 fully saturated rings. The Kier molecular flexibility index (Phi) is 4.24. The molecule has 0 radical (unpaired) electrons. The van der Waals surface area contributed by atoms with Crippen molar-refractivity contribution in [3.8, 4) is 0 Å². The molecule has 0 spiro atoms. The van der Waals surface area contributed by atoms with Gasteiger partial charge in [-0.2, -0.15) is 0 Å². The number of anilines is 1. The van der Waals surface area contributed by atoms with Gasteiger partial charge in [0.1, 0.15) is 11.5 Å². The van der Waals surface area contributed by atoms with Gasteiger partial charge in [0, 0.05) is 16.4 Å². The number of nitrogens with one attached hydrogen (secondary N) is 1. The lowest BCUT2D eigenvalue weighted by atomic mass is 10.2. The van der Waals surface area contributed by atoms with Crippen LogP contribution in [0, 0.1) is 12.7 Å². The molecule has 0 saturated heterocycles. The minimum atomic E-state index is -3.83. The maximum atomic E-state index is 12.7. The van der Waals surface area contributed by atoms with Gasteiger partial charge in [0.2, 0.25) is 0 Å². The monoisotopic (exact) mass is 328 g/mol. The topological polar surface area (TPSA) is 76.1 Å². The number of hydrogen-bond acceptors (Lipinski definition) is 4. The van der Waals surface area contributed by atoms with Crippen LogP contribution >= 0.6 is 10.7 Å². The first-order valence-corrected chi connectivity index (χ1v) is 8.06. The van der Waals surface area contributed by atoms with Gasteiger partial charge < -0.3 is 5.32 Å². The molecule has 0 aliphatic heterocycles. The fourth-order valence-electron chi connectivity index (χ4n) is 1.71. The first kappa shape index (κ1) is 15.4. The van der Waals surface area contributed by atoms with Crippen molar-refractivity contribution in [1.29, 1.82) is 0 Å². The Balaban J connectivity index is 2.22. The van der Waals surface area contributed by atoms with Crippen LogP contribution in [-0.2, 0) is 9.05 Å². The van der Waals surface area contributed by atoms with E-state index in [0.717, 1.165) is 12.3 Å². The minimum Gasteiger partial charge on any atom is -0.321 e. The molecule has 1 aromatic carbocycles. The first-order chi connectivity index (χ1) is 9.77. The number of carbonyl (C=O) groups is 1. The Morgan fingerprint density at radius 3 is 2.52 bits per heavy atom. The summed E-state index contributed by atoms with van der Waals surface area (Å²) in [6, 6.07) is 6.54. The molecule has 1 aromatic heterocycles. The van der Waals surface area contributed by atoms with Gasteiger partial charge in [-0.05, 0) is 42.8 Å². The number of nitrogens with zero attached hydrogens (tertiary/aromatic N) is 1. The van der Waals surface area contributed by atoms with Crippen molar-refractivity contribution in [2.24, 2.45) is 0 Å². The summed E-state index contributed by atoms with van der Waals surface area (Å²) in [4.78, 5) is 15.5. The maximum absolute atomic E-state index is 12.7. The van der Waals surface area contributed by atoms with Crippen molar-refractivity contribution < 1.29 is 17.6 Å². The highest BCUT2D eigenvalue weighted by atomic mass is 35.7. The molecule has 0 aliphatic carbocycles. The van der Waals surface area contributed by atoms with E-state index >= 15 is 0 Å². The van der Waals surface area contributed by atoms with Crippen LogP contribution in [0.4, 0.5) is 10.1 Å². The van der Waals surface area contributed by atoms with E-state index in [1.54, 1.807) is 6.92 Å². The van der Waals surface area contributed by atoms with E-state index in [9.17, 15) is 17.6 Å². The van der Waals surface area contributed by atoms with Crippen LogP contribution in [-0.4, -0.2) is 19.3 Å². The Hall–Kier alpha value is -1.99. The molecule has 2 rings (SSSR count). The van der Waals surface area contributed by atoms with Crippen molar-refractivity contribution in [3.05, 3.63) is 53.6 Å². The zero-order valence-electron chi connectivity index (χ0n) is 10.8. The van der Waals surface area contributed by atoms with E-state index in [-0.39, 0.29) is 10.6 Å². The number of carbonyl (C=O) groups excluding carboxylic acids is 1. The predicted molar refractivity (Wildman–Crippen MR) is 76.4 cm³/mol. The summed E-state index contributed by atoms with van der Waals surface area (Å²) >= 11 is 0. The molecule has 0 atom stereocenters. The van der Waals surface area contributed by atoms with Gasteiger partial charge in [-0.25, -0.2) is 17.8 Å². The summed E-state index contributed by atoms with van der Waals surface area (Å²) in [5.74, 6) is -1.07. The average molecular weight is 329 g/mol. The van der Waals surface area contributed by atoms with Gasteiger partial charge in [0.25, 0.3) is 15.0 Å². The number of aryl methyl sites for hydroxylation is 1. The van der Waals surface area contributed by atoms with Gasteiger partial charge in [-0.1, -0.05) is 0 Å². The molecule has 2 aromatic rings. The second kappa shape index (κ2) is 5.79. The van der Waals surface area contributed by atoms with Crippen molar-refractivity contribution in [2.45, 2.75) is 11.8 Å². The van der Waals surface area contributed by atoms with Gasteiger partial charge in [-0.3, -0.25) is 4.79 Å². The summed E-state index contributed by atoms with van der Waals surface area (Å²) in [6.07, 6.45) is 0.934. The van der Waals surface area contributed by atoms with Crippen LogP contribution < -0.4 is 5.32 Å². The number of amides is 1. The molecule has 0 aliphatic rings. The van der Waals surface area contributed by atoms with Crippen LogP contribution in [0.3, 0.4) is 0 Å². The predicted octanol–water partition coefficient (Wildman–Crippen LogP) is 2.71. The van der Waals surface area contributed by atoms with Crippen molar-refractivity contribution in [2.75, 3.05) is 5.32 Å². The zero-order valence-corrected chi connectivity index (χ0v) is 12.4. The molecule has 0 unspecified atom stereocenters. The molecule has 0 saturated carbocycles. The van der Waals surface area contributed by atoms with E-state index in [2.05, 4.69) is 10.3 Å². The maximum Gasteiger partial charge on any atom is 0.274 e. The Labute approximate surface area is 125 Å². The van der Waals surface area contributed by atoms with Crippen LogP contribution in [0.2, 0.25) is 0 Å². The summed E-state index contributed by atoms with van der Waals surface area (Å²) in [7, 11) is 1.44. The first-order valence-electron chi connectivity index (χ1n) is 5.75. The third-order valence-electron chi connectivity index (χ3n) is 2.66. The number of benzene rings is 1. The third kappa shape index (κ3) is 3.77. The zero-order chi connectivity index (χ0) is 15.6. The Morgan fingerprint density at radius 1 is 1.29 bits per heavy atom. The van der Waals surface area contributed by atoms with Gasteiger partial charge in [-0.15, -0.1) is 0 Å². The number of rotatable bonds is 3. The van der Waals surface area contributed by atoms with Gasteiger partial charge in [0.15, 0.2) is 0 Å². The summed E-state index contributed by atoms with van der Waals surface area (Å²) < 4.78 is 35.3. The molecule has 8 heteroatoms. The lowest BCUT2D eigenvalue weighted by Gasteiger charge is -2.07. The minimum absolute atomic E-state index is 0.0259. The Morgan fingerprint density at radius 2 is 2.00 bits per heavy atom. The van der Waals surface area contributed by atoms with Crippen LogP contribution in [0.5, 0.6) is 0 Å². The van der Waals surface area contributed by atoms with E-state index < -0.39 is 20.8 Å². The normalized spacial score (nSPS) is 11.2. The van der Waals surface area contributed by atoms with E-state index in [1.807, 2.05) is 0 Å². The largest absolute Gasteiger partial charge is 0.321 e. The van der Waals surface area contributed by atoms with E-state index in [1.165, 1.54) is 24.3 Å². The SMILES string of the molecule is Cc1cc(NC(=O)c2ccc(F)cn2)ccc1S(=O)(=O)Cl. The highest BCUT2D eigenvalue weighted by Gasteiger charge is 2.14. The second-order valence-corrected chi connectivity index (χ2v) is 6.77. The standard InChI is InChI=1S/C13H10ClFN2O3S/c1-8-6-10(3-5-12(8)21(14,19)20)17-13(18)11-4-2-9(15)7-16-11/h2-7H,1H3,(H,17,18). The molecule has 110 valence electrons. The molecule has 5 nitrogen and oxygen atoms in total. The molecular weight excluding hydrogens is 319 g/mol. The second-order valence-electron chi connectivity index (χ2n) is 4.23. The molecular formula is C13H10ClFN2O3S. The van der Waals surface area contributed by atoms with E-state index in [4.69, 9.17) is 10.7 Å². The third-order valence-corrected chi connectivity index (χ3v) is 4.14. The lowest BCUT2D eigenvalue weighted by Crippen LogP contribution is -2.13. The van der Waals surface area contributed by atoms with Crippen LogP contribution in [0.15, 0.2) is 41.4 Å². The van der Waals surface area contributed by atoms with Gasteiger partial charge in [0.05, 0.1) is 11.1 Å². The van der Waals surface area contributed by atoms with Gasteiger partial charge >= 0.3 is 0 Å². The summed E-state index contributed by atoms with van der Waals surface area (Å²) in [5, 5.41) is 2.54. The number of halogens is 2. The molecule has 0 bridgehead atoms. The van der Waals surface area contributed by atoms with Crippen molar-refractivity contribution in [1.82, 2.24) is 4.98 Å². The quantitative estimate of drug-likeness (QED) is 0.879. The molecule has 1 N–H and O–H groups in total. The van der Waals surface area contributed by atoms with Crippen molar-refractivity contribution in [3.63, 3.8) is 0 Å². The smallest absolute Gasteiger partial charge is 0.274 e. The summed E-state index contributed by atoms with van der Waals surface area (Å²) in [6.45, 7) is 1.56. The number of aromatic nitrogens is 1. The van der Waals surface area contributed by atoms with Crippen LogP contribution in [0.25, 0.3) is 0 Å². The number of pyridine rings is 1. The molecule has 1 heterocycles. The highest BCUT2D eigenvalue weighted by molar-refractivity contribution is 8.13.